The van der Waals surface area contributed by atoms with Crippen molar-refractivity contribution in [3.8, 4) is 0 Å². The van der Waals surface area contributed by atoms with E-state index in [0.29, 0.717) is 19.1 Å². The third-order valence-electron chi connectivity index (χ3n) is 4.09. The first kappa shape index (κ1) is 16.9. The van der Waals surface area contributed by atoms with Crippen LogP contribution in [0.15, 0.2) is 0 Å². The van der Waals surface area contributed by atoms with Gasteiger partial charge in [-0.15, -0.1) is 0 Å². The molecule has 0 aromatic carbocycles. The van der Waals surface area contributed by atoms with Crippen LogP contribution in [0.4, 0.5) is 0 Å². The van der Waals surface area contributed by atoms with E-state index in [1.54, 1.807) is 20.8 Å². The summed E-state index contributed by atoms with van der Waals surface area (Å²) in [6, 6.07) is 0.535. The molecule has 1 saturated carbocycles. The molecule has 1 rings (SSSR count). The first-order valence-electron chi connectivity index (χ1n) is 7.44. The monoisotopic (exact) mass is 290 g/mol. The third-order valence-corrected chi connectivity index (χ3v) is 6.67. The molecule has 0 spiro atoms. The van der Waals surface area contributed by atoms with E-state index in [1.807, 2.05) is 0 Å². The lowest BCUT2D eigenvalue weighted by atomic mass is 9.94. The SMILES string of the molecule is CC(C)(C)S(=O)(=O)CCN(CCN)C1CCCCC1. The fourth-order valence-electron chi connectivity index (χ4n) is 2.63. The van der Waals surface area contributed by atoms with Gasteiger partial charge >= 0.3 is 0 Å². The zero-order valence-electron chi connectivity index (χ0n) is 12.7. The van der Waals surface area contributed by atoms with Crippen LogP contribution in [0.5, 0.6) is 0 Å². The molecule has 0 aliphatic heterocycles. The molecule has 114 valence electrons. The maximum atomic E-state index is 12.2. The Morgan fingerprint density at radius 1 is 1.11 bits per heavy atom. The van der Waals surface area contributed by atoms with Gasteiger partial charge in [0.25, 0.3) is 0 Å². The van der Waals surface area contributed by atoms with Crippen molar-refractivity contribution in [2.24, 2.45) is 5.73 Å². The minimum atomic E-state index is -3.03. The van der Waals surface area contributed by atoms with Crippen LogP contribution in [0.3, 0.4) is 0 Å². The van der Waals surface area contributed by atoms with E-state index in [-0.39, 0.29) is 5.75 Å². The molecule has 0 atom stereocenters. The van der Waals surface area contributed by atoms with Gasteiger partial charge in [-0.05, 0) is 33.6 Å². The van der Waals surface area contributed by atoms with Crippen molar-refractivity contribution in [1.29, 1.82) is 0 Å². The van der Waals surface area contributed by atoms with Crippen LogP contribution in [0.2, 0.25) is 0 Å². The van der Waals surface area contributed by atoms with E-state index in [4.69, 9.17) is 5.73 Å². The fraction of sp³-hybridized carbons (Fsp3) is 1.00. The first-order valence-corrected chi connectivity index (χ1v) is 9.09. The second-order valence-electron chi connectivity index (χ2n) is 6.55. The molecular weight excluding hydrogens is 260 g/mol. The summed E-state index contributed by atoms with van der Waals surface area (Å²) in [5.41, 5.74) is 5.67. The van der Waals surface area contributed by atoms with Crippen LogP contribution in [0.1, 0.15) is 52.9 Å². The molecule has 5 heteroatoms. The predicted octanol–water partition coefficient (Wildman–Crippen LogP) is 1.79. The minimum absolute atomic E-state index is 0.243. The first-order chi connectivity index (χ1) is 8.78. The van der Waals surface area contributed by atoms with Gasteiger partial charge in [0.05, 0.1) is 10.5 Å². The standard InChI is InChI=1S/C14H30N2O2S/c1-14(2,3)19(17,18)12-11-16(10-9-15)13-7-5-4-6-8-13/h13H,4-12,15H2,1-3H3. The van der Waals surface area contributed by atoms with E-state index < -0.39 is 14.6 Å². The number of rotatable bonds is 6. The van der Waals surface area contributed by atoms with Crippen LogP contribution in [-0.2, 0) is 9.84 Å². The largest absolute Gasteiger partial charge is 0.329 e. The van der Waals surface area contributed by atoms with Crippen molar-refractivity contribution in [2.45, 2.75) is 63.7 Å². The smallest absolute Gasteiger partial charge is 0.156 e. The Morgan fingerprint density at radius 2 is 1.68 bits per heavy atom. The van der Waals surface area contributed by atoms with E-state index in [0.717, 1.165) is 6.54 Å². The van der Waals surface area contributed by atoms with E-state index >= 15 is 0 Å². The summed E-state index contributed by atoms with van der Waals surface area (Å²) in [6.45, 7) is 7.36. The average molecular weight is 290 g/mol. The van der Waals surface area contributed by atoms with Crippen molar-refractivity contribution >= 4 is 9.84 Å². The molecule has 0 radical (unpaired) electrons. The number of hydrogen-bond donors (Lipinski definition) is 1. The van der Waals surface area contributed by atoms with Crippen molar-refractivity contribution in [3.63, 3.8) is 0 Å². The molecule has 0 unspecified atom stereocenters. The summed E-state index contributed by atoms with van der Waals surface area (Å²) >= 11 is 0. The van der Waals surface area contributed by atoms with Crippen molar-refractivity contribution < 1.29 is 8.42 Å². The highest BCUT2D eigenvalue weighted by atomic mass is 32.2. The van der Waals surface area contributed by atoms with Crippen LogP contribution in [-0.4, -0.2) is 49.5 Å². The molecule has 1 aliphatic carbocycles. The van der Waals surface area contributed by atoms with Gasteiger partial charge in [0.2, 0.25) is 0 Å². The van der Waals surface area contributed by atoms with Gasteiger partial charge in [0.1, 0.15) is 0 Å². The van der Waals surface area contributed by atoms with Crippen LogP contribution in [0.25, 0.3) is 0 Å². The van der Waals surface area contributed by atoms with E-state index in [9.17, 15) is 8.42 Å². The Balaban J connectivity index is 2.59. The van der Waals surface area contributed by atoms with Gasteiger partial charge in [-0.25, -0.2) is 8.42 Å². The van der Waals surface area contributed by atoms with E-state index in [1.165, 1.54) is 32.1 Å². The molecule has 0 bridgehead atoms. The number of sulfone groups is 1. The molecule has 0 saturated heterocycles. The molecule has 0 amide bonds. The lowest BCUT2D eigenvalue weighted by molar-refractivity contribution is 0.169. The highest BCUT2D eigenvalue weighted by Gasteiger charge is 2.30. The Morgan fingerprint density at radius 3 is 2.16 bits per heavy atom. The van der Waals surface area contributed by atoms with Crippen molar-refractivity contribution in [3.05, 3.63) is 0 Å². The van der Waals surface area contributed by atoms with Gasteiger partial charge in [-0.3, -0.25) is 4.90 Å². The maximum absolute atomic E-state index is 12.2. The Kier molecular flexibility index (Phi) is 6.27. The van der Waals surface area contributed by atoms with Crippen LogP contribution in [0, 0.1) is 0 Å². The summed E-state index contributed by atoms with van der Waals surface area (Å²) in [4.78, 5) is 2.29. The molecule has 2 N–H and O–H groups in total. The van der Waals surface area contributed by atoms with Gasteiger partial charge in [-0.2, -0.15) is 0 Å². The molecule has 4 nitrogen and oxygen atoms in total. The molecule has 1 fully saturated rings. The van der Waals surface area contributed by atoms with E-state index in [2.05, 4.69) is 4.90 Å². The second-order valence-corrected chi connectivity index (χ2v) is 9.41. The number of hydrogen-bond acceptors (Lipinski definition) is 4. The summed E-state index contributed by atoms with van der Waals surface area (Å²) in [6.07, 6.45) is 6.22. The minimum Gasteiger partial charge on any atom is -0.329 e. The highest BCUT2D eigenvalue weighted by molar-refractivity contribution is 7.92. The molecule has 19 heavy (non-hydrogen) atoms. The molecular formula is C14H30N2O2S. The average Bonchev–Trinajstić information content (AvgIpc) is 2.34. The molecule has 0 aromatic heterocycles. The summed E-state index contributed by atoms with van der Waals surface area (Å²) < 4.78 is 23.7. The zero-order valence-corrected chi connectivity index (χ0v) is 13.5. The van der Waals surface area contributed by atoms with Gasteiger partial charge in [-0.1, -0.05) is 19.3 Å². The second kappa shape index (κ2) is 7.04. The van der Waals surface area contributed by atoms with Crippen molar-refractivity contribution in [2.75, 3.05) is 25.4 Å². The summed E-state index contributed by atoms with van der Waals surface area (Å²) in [5.74, 6) is 0.243. The van der Waals surface area contributed by atoms with Crippen LogP contribution >= 0.6 is 0 Å². The lowest BCUT2D eigenvalue weighted by Crippen LogP contribution is -2.44. The Bertz CT molecular complexity index is 354. The van der Waals surface area contributed by atoms with Crippen LogP contribution < -0.4 is 5.73 Å². The quantitative estimate of drug-likeness (QED) is 0.810. The topological polar surface area (TPSA) is 63.4 Å². The Labute approximate surface area is 118 Å². The number of nitrogens with two attached hydrogens (primary N) is 1. The predicted molar refractivity (Wildman–Crippen MR) is 81.0 cm³/mol. The van der Waals surface area contributed by atoms with Gasteiger partial charge in [0.15, 0.2) is 9.84 Å². The highest BCUT2D eigenvalue weighted by Crippen LogP contribution is 2.23. The fourth-order valence-corrected chi connectivity index (χ4v) is 3.72. The normalized spacial score (nSPS) is 19.0. The molecule has 0 aromatic rings. The third kappa shape index (κ3) is 5.04. The van der Waals surface area contributed by atoms with Crippen molar-refractivity contribution in [1.82, 2.24) is 4.90 Å². The summed E-state index contributed by atoms with van der Waals surface area (Å²) in [7, 11) is -3.03. The maximum Gasteiger partial charge on any atom is 0.156 e. The number of nitrogens with zero attached hydrogens (tertiary/aromatic N) is 1. The lowest BCUT2D eigenvalue weighted by Gasteiger charge is -2.34. The Hall–Kier alpha value is -0.130. The molecule has 0 heterocycles. The summed E-state index contributed by atoms with van der Waals surface area (Å²) in [5, 5.41) is 0. The zero-order chi connectivity index (χ0) is 14.5. The van der Waals surface area contributed by atoms with Gasteiger partial charge in [0, 0.05) is 25.7 Å². The van der Waals surface area contributed by atoms with Gasteiger partial charge < -0.3 is 5.73 Å². The molecule has 1 aliphatic rings.